The van der Waals surface area contributed by atoms with Crippen molar-refractivity contribution in [2.24, 2.45) is 11.1 Å². The fourth-order valence-corrected chi connectivity index (χ4v) is 4.06. The molecule has 3 aromatic rings. The SMILES string of the molecule is NC(=O)C1(C(=O)OCCc2ccccc2)CCC(Nc2nc3ccccc3[nH]2)CC1. The summed E-state index contributed by atoms with van der Waals surface area (Å²) < 4.78 is 5.46. The molecule has 0 spiro atoms. The smallest absolute Gasteiger partial charge is 0.321 e. The summed E-state index contributed by atoms with van der Waals surface area (Å²) in [5.74, 6) is -0.416. The number of amides is 1. The maximum atomic E-state index is 12.8. The summed E-state index contributed by atoms with van der Waals surface area (Å²) in [6, 6.07) is 17.7. The van der Waals surface area contributed by atoms with E-state index in [4.69, 9.17) is 10.5 Å². The summed E-state index contributed by atoms with van der Waals surface area (Å²) in [5, 5.41) is 3.38. The van der Waals surface area contributed by atoms with Crippen molar-refractivity contribution in [3.05, 3.63) is 60.2 Å². The molecule has 1 saturated carbocycles. The number of nitrogens with one attached hydrogen (secondary N) is 2. The van der Waals surface area contributed by atoms with Crippen LogP contribution in [0.5, 0.6) is 0 Å². The van der Waals surface area contributed by atoms with Gasteiger partial charge in [0, 0.05) is 12.5 Å². The second-order valence-electron chi connectivity index (χ2n) is 7.84. The van der Waals surface area contributed by atoms with Crippen LogP contribution in [-0.2, 0) is 20.7 Å². The van der Waals surface area contributed by atoms with E-state index in [-0.39, 0.29) is 12.6 Å². The first-order valence-corrected chi connectivity index (χ1v) is 10.3. The number of carbonyl (C=O) groups is 2. The second-order valence-corrected chi connectivity index (χ2v) is 7.84. The predicted molar refractivity (Wildman–Crippen MR) is 115 cm³/mol. The lowest BCUT2D eigenvalue weighted by Crippen LogP contribution is -2.49. The number of esters is 1. The fourth-order valence-electron chi connectivity index (χ4n) is 4.06. The highest BCUT2D eigenvalue weighted by atomic mass is 16.5. The van der Waals surface area contributed by atoms with Crippen molar-refractivity contribution in [2.75, 3.05) is 11.9 Å². The predicted octanol–water partition coefficient (Wildman–Crippen LogP) is 3.18. The van der Waals surface area contributed by atoms with Crippen LogP contribution >= 0.6 is 0 Å². The summed E-state index contributed by atoms with van der Waals surface area (Å²) in [4.78, 5) is 32.8. The van der Waals surface area contributed by atoms with E-state index in [9.17, 15) is 9.59 Å². The Kier molecular flexibility index (Phi) is 5.70. The standard InChI is InChI=1S/C23H26N4O3/c24-20(28)23(21(29)30-15-12-16-6-2-1-3-7-16)13-10-17(11-14-23)25-22-26-18-8-4-5-9-19(18)27-22/h1-9,17H,10-15H2,(H2,24,28)(H2,25,26,27). The Labute approximate surface area is 175 Å². The third-order valence-corrected chi connectivity index (χ3v) is 5.90. The van der Waals surface area contributed by atoms with Gasteiger partial charge in [-0.25, -0.2) is 4.98 Å². The van der Waals surface area contributed by atoms with Crippen LogP contribution in [0.1, 0.15) is 31.2 Å². The van der Waals surface area contributed by atoms with Gasteiger partial charge < -0.3 is 20.8 Å². The van der Waals surface area contributed by atoms with Crippen LogP contribution in [0, 0.1) is 5.41 Å². The molecule has 0 atom stereocenters. The number of hydrogen-bond donors (Lipinski definition) is 3. The minimum absolute atomic E-state index is 0.107. The molecule has 1 aliphatic carbocycles. The Balaban J connectivity index is 1.34. The average Bonchev–Trinajstić information content (AvgIpc) is 3.17. The van der Waals surface area contributed by atoms with Crippen molar-refractivity contribution in [2.45, 2.75) is 38.1 Å². The highest BCUT2D eigenvalue weighted by molar-refractivity contribution is 6.02. The monoisotopic (exact) mass is 406 g/mol. The van der Waals surface area contributed by atoms with Gasteiger partial charge in [0.15, 0.2) is 0 Å². The topological polar surface area (TPSA) is 110 Å². The summed E-state index contributed by atoms with van der Waals surface area (Å²) in [6.07, 6.45) is 2.61. The molecule has 156 valence electrons. The third kappa shape index (κ3) is 4.15. The Hall–Kier alpha value is -3.35. The van der Waals surface area contributed by atoms with Crippen LogP contribution in [-0.4, -0.2) is 34.5 Å². The molecule has 2 aromatic carbocycles. The number of aromatic nitrogens is 2. The zero-order valence-corrected chi connectivity index (χ0v) is 16.8. The molecule has 4 rings (SSSR count). The van der Waals surface area contributed by atoms with E-state index in [2.05, 4.69) is 15.3 Å². The van der Waals surface area contributed by atoms with Gasteiger partial charge in [0.25, 0.3) is 0 Å². The Bertz CT molecular complexity index is 990. The van der Waals surface area contributed by atoms with Crippen molar-refractivity contribution >= 4 is 28.9 Å². The second kappa shape index (κ2) is 8.57. The number of nitrogens with zero attached hydrogens (tertiary/aromatic N) is 1. The van der Waals surface area contributed by atoms with E-state index in [1.165, 1.54) is 0 Å². The number of anilines is 1. The number of para-hydroxylation sites is 2. The lowest BCUT2D eigenvalue weighted by atomic mass is 9.72. The number of fused-ring (bicyclic) bond motifs is 1. The molecule has 1 aromatic heterocycles. The van der Waals surface area contributed by atoms with Crippen molar-refractivity contribution in [3.8, 4) is 0 Å². The zero-order chi connectivity index (χ0) is 21.0. The normalized spacial score (nSPS) is 21.3. The van der Waals surface area contributed by atoms with E-state index in [0.29, 0.717) is 38.1 Å². The molecule has 30 heavy (non-hydrogen) atoms. The molecular weight excluding hydrogens is 380 g/mol. The van der Waals surface area contributed by atoms with Gasteiger partial charge >= 0.3 is 5.97 Å². The molecule has 1 fully saturated rings. The van der Waals surface area contributed by atoms with Crippen molar-refractivity contribution < 1.29 is 14.3 Å². The van der Waals surface area contributed by atoms with Gasteiger partial charge in [0.2, 0.25) is 11.9 Å². The van der Waals surface area contributed by atoms with Gasteiger partial charge in [0.05, 0.1) is 17.6 Å². The molecule has 1 amide bonds. The van der Waals surface area contributed by atoms with Crippen molar-refractivity contribution in [3.63, 3.8) is 0 Å². The van der Waals surface area contributed by atoms with Gasteiger partial charge in [-0.2, -0.15) is 0 Å². The van der Waals surface area contributed by atoms with Crippen LogP contribution in [0.25, 0.3) is 11.0 Å². The Morgan fingerprint density at radius 2 is 1.80 bits per heavy atom. The summed E-state index contributed by atoms with van der Waals surface area (Å²) >= 11 is 0. The van der Waals surface area contributed by atoms with E-state index in [0.717, 1.165) is 16.6 Å². The maximum absolute atomic E-state index is 12.8. The summed E-state index contributed by atoms with van der Waals surface area (Å²) in [5.41, 5.74) is 7.34. The minimum Gasteiger partial charge on any atom is -0.465 e. The van der Waals surface area contributed by atoms with Gasteiger partial charge in [0.1, 0.15) is 5.41 Å². The molecule has 7 heteroatoms. The van der Waals surface area contributed by atoms with Crippen molar-refractivity contribution in [1.82, 2.24) is 9.97 Å². The number of primary amides is 1. The molecule has 0 radical (unpaired) electrons. The van der Waals surface area contributed by atoms with Crippen LogP contribution < -0.4 is 11.1 Å². The van der Waals surface area contributed by atoms with Gasteiger partial charge in [-0.1, -0.05) is 42.5 Å². The first-order valence-electron chi connectivity index (χ1n) is 10.3. The van der Waals surface area contributed by atoms with Gasteiger partial charge in [-0.3, -0.25) is 9.59 Å². The number of rotatable bonds is 7. The fraction of sp³-hybridized carbons (Fsp3) is 0.348. The molecule has 4 N–H and O–H groups in total. The number of benzene rings is 2. The molecular formula is C23H26N4O3. The number of nitrogens with two attached hydrogens (primary N) is 1. The Morgan fingerprint density at radius 3 is 2.50 bits per heavy atom. The van der Waals surface area contributed by atoms with Crippen LogP contribution in [0.15, 0.2) is 54.6 Å². The molecule has 0 saturated heterocycles. The Morgan fingerprint density at radius 1 is 1.10 bits per heavy atom. The first kappa shape index (κ1) is 19.9. The molecule has 1 heterocycles. The van der Waals surface area contributed by atoms with E-state index in [1.807, 2.05) is 54.6 Å². The quantitative estimate of drug-likeness (QED) is 0.412. The van der Waals surface area contributed by atoms with Crippen LogP contribution in [0.3, 0.4) is 0 Å². The van der Waals surface area contributed by atoms with Crippen molar-refractivity contribution in [1.29, 1.82) is 0 Å². The number of hydrogen-bond acceptors (Lipinski definition) is 5. The lowest BCUT2D eigenvalue weighted by molar-refractivity contribution is -0.162. The molecule has 0 bridgehead atoms. The number of ether oxygens (including phenoxy) is 1. The number of imidazole rings is 1. The van der Waals surface area contributed by atoms with E-state index >= 15 is 0 Å². The zero-order valence-electron chi connectivity index (χ0n) is 16.8. The third-order valence-electron chi connectivity index (χ3n) is 5.90. The van der Waals surface area contributed by atoms with Crippen LogP contribution in [0.2, 0.25) is 0 Å². The van der Waals surface area contributed by atoms with E-state index in [1.54, 1.807) is 0 Å². The molecule has 0 unspecified atom stereocenters. The van der Waals surface area contributed by atoms with Crippen LogP contribution in [0.4, 0.5) is 5.95 Å². The molecule has 1 aliphatic rings. The number of carbonyl (C=O) groups excluding carboxylic acids is 2. The average molecular weight is 406 g/mol. The largest absolute Gasteiger partial charge is 0.465 e. The maximum Gasteiger partial charge on any atom is 0.321 e. The lowest BCUT2D eigenvalue weighted by Gasteiger charge is -2.35. The highest BCUT2D eigenvalue weighted by Gasteiger charge is 2.48. The number of aromatic amines is 1. The number of H-pyrrole nitrogens is 1. The van der Waals surface area contributed by atoms with Gasteiger partial charge in [-0.05, 0) is 43.4 Å². The molecule has 0 aliphatic heterocycles. The summed E-state index contributed by atoms with van der Waals surface area (Å²) in [7, 11) is 0. The van der Waals surface area contributed by atoms with E-state index < -0.39 is 17.3 Å². The molecule has 7 nitrogen and oxygen atoms in total. The highest BCUT2D eigenvalue weighted by Crippen LogP contribution is 2.38. The minimum atomic E-state index is -1.25. The van der Waals surface area contributed by atoms with Gasteiger partial charge in [-0.15, -0.1) is 0 Å². The first-order chi connectivity index (χ1) is 14.6. The summed E-state index contributed by atoms with van der Waals surface area (Å²) in [6.45, 7) is 0.235.